The van der Waals surface area contributed by atoms with E-state index in [-0.39, 0.29) is 11.5 Å². The molecular formula is C22H21N3O4S. The number of hydrogen-bond acceptors (Lipinski definition) is 6. The Kier molecular flexibility index (Phi) is 5.50. The van der Waals surface area contributed by atoms with Crippen LogP contribution in [0.15, 0.2) is 58.5 Å². The number of nitrogens with zero attached hydrogens (tertiary/aromatic N) is 2. The van der Waals surface area contributed by atoms with Crippen molar-refractivity contribution < 1.29 is 14.3 Å². The summed E-state index contributed by atoms with van der Waals surface area (Å²) in [4.78, 5) is 33.7. The highest BCUT2D eigenvalue weighted by atomic mass is 32.2. The van der Waals surface area contributed by atoms with Crippen molar-refractivity contribution in [3.8, 4) is 11.4 Å². The largest absolute Gasteiger partial charge is 0.497 e. The molecule has 30 heavy (non-hydrogen) atoms. The molecule has 2 aromatic carbocycles. The molecule has 0 spiro atoms. The molecule has 0 aliphatic rings. The Morgan fingerprint density at radius 1 is 1.23 bits per heavy atom. The van der Waals surface area contributed by atoms with Crippen LogP contribution in [0.1, 0.15) is 13.8 Å². The van der Waals surface area contributed by atoms with Crippen LogP contribution in [0.3, 0.4) is 0 Å². The van der Waals surface area contributed by atoms with Crippen LogP contribution in [-0.2, 0) is 9.53 Å². The average Bonchev–Trinajstić information content (AvgIpc) is 3.13. The standard InChI is InChI=1S/C22H21N3O4S/c1-4-29-21(27)13(2)30-22-24-18-16-10-5-6-11-17(16)23-19(18)20(26)25(22)14-8-7-9-15(12-14)28-3/h5-13,23H,4H2,1-3H3/t13-/m1/s1. The normalized spacial score (nSPS) is 12.2. The van der Waals surface area contributed by atoms with Gasteiger partial charge in [-0.2, -0.15) is 0 Å². The van der Waals surface area contributed by atoms with E-state index in [2.05, 4.69) is 4.98 Å². The minimum Gasteiger partial charge on any atom is -0.497 e. The maximum atomic E-state index is 13.5. The highest BCUT2D eigenvalue weighted by Gasteiger charge is 2.22. The molecule has 0 radical (unpaired) electrons. The second kappa shape index (κ2) is 8.23. The van der Waals surface area contributed by atoms with Gasteiger partial charge < -0.3 is 14.5 Å². The molecule has 0 saturated carbocycles. The number of ether oxygens (including phenoxy) is 2. The number of nitrogens with one attached hydrogen (secondary N) is 1. The smallest absolute Gasteiger partial charge is 0.319 e. The van der Waals surface area contributed by atoms with Gasteiger partial charge in [-0.05, 0) is 32.0 Å². The monoisotopic (exact) mass is 423 g/mol. The quantitative estimate of drug-likeness (QED) is 0.287. The fraction of sp³-hybridized carbons (Fsp3) is 0.227. The molecule has 4 aromatic rings. The van der Waals surface area contributed by atoms with E-state index in [9.17, 15) is 9.59 Å². The lowest BCUT2D eigenvalue weighted by molar-refractivity contribution is -0.142. The van der Waals surface area contributed by atoms with Crippen molar-refractivity contribution in [3.63, 3.8) is 0 Å². The van der Waals surface area contributed by atoms with Gasteiger partial charge in [0.25, 0.3) is 5.56 Å². The first-order chi connectivity index (χ1) is 14.5. The van der Waals surface area contributed by atoms with Crippen molar-refractivity contribution in [2.75, 3.05) is 13.7 Å². The lowest BCUT2D eigenvalue weighted by Gasteiger charge is -2.15. The molecule has 2 heterocycles. The van der Waals surface area contributed by atoms with E-state index >= 15 is 0 Å². The third-order valence-corrected chi connectivity index (χ3v) is 5.74. The summed E-state index contributed by atoms with van der Waals surface area (Å²) in [7, 11) is 1.57. The van der Waals surface area contributed by atoms with Crippen LogP contribution >= 0.6 is 11.8 Å². The summed E-state index contributed by atoms with van der Waals surface area (Å²) in [5, 5.41) is 0.732. The summed E-state index contributed by atoms with van der Waals surface area (Å²) >= 11 is 1.19. The van der Waals surface area contributed by atoms with Crippen LogP contribution in [-0.4, -0.2) is 39.5 Å². The zero-order chi connectivity index (χ0) is 21.3. The second-order valence-electron chi connectivity index (χ2n) is 6.64. The molecule has 0 aliphatic carbocycles. The Bertz CT molecular complexity index is 1290. The highest BCUT2D eigenvalue weighted by molar-refractivity contribution is 8.00. The molecule has 4 rings (SSSR count). The summed E-state index contributed by atoms with van der Waals surface area (Å²) in [6.07, 6.45) is 0. The van der Waals surface area contributed by atoms with E-state index in [1.807, 2.05) is 24.3 Å². The van der Waals surface area contributed by atoms with E-state index in [4.69, 9.17) is 14.5 Å². The molecule has 0 amide bonds. The Balaban J connectivity index is 1.96. The number of carbonyl (C=O) groups is 1. The Labute approximate surface area is 177 Å². The van der Waals surface area contributed by atoms with E-state index in [0.29, 0.717) is 34.2 Å². The van der Waals surface area contributed by atoms with Crippen molar-refractivity contribution in [3.05, 3.63) is 58.9 Å². The van der Waals surface area contributed by atoms with Crippen molar-refractivity contribution >= 4 is 39.7 Å². The minimum absolute atomic E-state index is 0.247. The molecule has 8 heteroatoms. The lowest BCUT2D eigenvalue weighted by Crippen LogP contribution is -2.24. The van der Waals surface area contributed by atoms with Crippen molar-refractivity contribution in [1.82, 2.24) is 14.5 Å². The number of aromatic amines is 1. The first-order valence-electron chi connectivity index (χ1n) is 9.54. The molecule has 0 fully saturated rings. The third kappa shape index (κ3) is 3.54. The van der Waals surface area contributed by atoms with Gasteiger partial charge in [0, 0.05) is 17.0 Å². The van der Waals surface area contributed by atoms with E-state index in [1.165, 1.54) is 16.3 Å². The number of fused-ring (bicyclic) bond motifs is 3. The van der Waals surface area contributed by atoms with Crippen molar-refractivity contribution in [2.45, 2.75) is 24.3 Å². The van der Waals surface area contributed by atoms with E-state index < -0.39 is 5.25 Å². The van der Waals surface area contributed by atoms with Crippen LogP contribution in [0.4, 0.5) is 0 Å². The van der Waals surface area contributed by atoms with Crippen molar-refractivity contribution in [1.29, 1.82) is 0 Å². The summed E-state index contributed by atoms with van der Waals surface area (Å²) < 4.78 is 11.9. The molecule has 0 aliphatic heterocycles. The summed E-state index contributed by atoms with van der Waals surface area (Å²) in [6.45, 7) is 3.79. The first-order valence-corrected chi connectivity index (χ1v) is 10.4. The van der Waals surface area contributed by atoms with Crippen molar-refractivity contribution in [2.24, 2.45) is 0 Å². The fourth-order valence-electron chi connectivity index (χ4n) is 3.26. The Morgan fingerprint density at radius 2 is 2.03 bits per heavy atom. The molecule has 0 bridgehead atoms. The number of methoxy groups -OCH3 is 1. The average molecular weight is 423 g/mol. The number of esters is 1. The molecule has 2 aromatic heterocycles. The van der Waals surface area contributed by atoms with Crippen LogP contribution in [0.2, 0.25) is 0 Å². The minimum atomic E-state index is -0.531. The molecule has 0 unspecified atom stereocenters. The maximum absolute atomic E-state index is 13.5. The van der Waals surface area contributed by atoms with E-state index in [1.54, 1.807) is 45.2 Å². The predicted octanol–water partition coefficient (Wildman–Crippen LogP) is 3.92. The topological polar surface area (TPSA) is 86.2 Å². The van der Waals surface area contributed by atoms with Gasteiger partial charge in [0.15, 0.2) is 5.16 Å². The van der Waals surface area contributed by atoms with Gasteiger partial charge >= 0.3 is 5.97 Å². The predicted molar refractivity (Wildman–Crippen MR) is 118 cm³/mol. The lowest BCUT2D eigenvalue weighted by atomic mass is 10.2. The Morgan fingerprint density at radius 3 is 2.80 bits per heavy atom. The Hall–Kier alpha value is -3.26. The number of para-hydroxylation sites is 1. The molecular weight excluding hydrogens is 402 g/mol. The summed E-state index contributed by atoms with van der Waals surface area (Å²) in [5.41, 5.74) is 2.17. The number of rotatable bonds is 6. The maximum Gasteiger partial charge on any atom is 0.319 e. The zero-order valence-corrected chi connectivity index (χ0v) is 17.7. The molecule has 1 atom stereocenters. The fourth-order valence-corrected chi connectivity index (χ4v) is 4.18. The molecule has 154 valence electrons. The highest BCUT2D eigenvalue weighted by Crippen LogP contribution is 2.29. The van der Waals surface area contributed by atoms with Gasteiger partial charge in [0.1, 0.15) is 22.0 Å². The van der Waals surface area contributed by atoms with Crippen LogP contribution < -0.4 is 10.3 Å². The number of carbonyl (C=O) groups excluding carboxylic acids is 1. The number of benzene rings is 2. The first kappa shape index (κ1) is 20.0. The second-order valence-corrected chi connectivity index (χ2v) is 7.95. The zero-order valence-electron chi connectivity index (χ0n) is 16.8. The summed E-state index contributed by atoms with van der Waals surface area (Å²) in [6, 6.07) is 14.8. The number of H-pyrrole nitrogens is 1. The van der Waals surface area contributed by atoms with Gasteiger partial charge in [-0.1, -0.05) is 36.0 Å². The SMILES string of the molecule is CCOC(=O)[C@@H](C)Sc1nc2c([nH]c3ccccc32)c(=O)n1-c1cccc(OC)c1. The molecule has 0 saturated heterocycles. The summed E-state index contributed by atoms with van der Waals surface area (Å²) in [5.74, 6) is 0.262. The molecule has 1 N–H and O–H groups in total. The number of thioether (sulfide) groups is 1. The van der Waals surface area contributed by atoms with Crippen LogP contribution in [0.25, 0.3) is 27.6 Å². The van der Waals surface area contributed by atoms with Crippen LogP contribution in [0.5, 0.6) is 5.75 Å². The van der Waals surface area contributed by atoms with Gasteiger partial charge in [-0.25, -0.2) is 4.98 Å². The van der Waals surface area contributed by atoms with E-state index in [0.717, 1.165) is 10.9 Å². The van der Waals surface area contributed by atoms with Gasteiger partial charge in [0.05, 0.1) is 19.4 Å². The third-order valence-electron chi connectivity index (χ3n) is 4.71. The van der Waals surface area contributed by atoms with Gasteiger partial charge in [-0.3, -0.25) is 14.2 Å². The van der Waals surface area contributed by atoms with Crippen LogP contribution in [0, 0.1) is 0 Å². The van der Waals surface area contributed by atoms with Gasteiger partial charge in [-0.15, -0.1) is 0 Å². The van der Waals surface area contributed by atoms with Gasteiger partial charge in [0.2, 0.25) is 0 Å². The number of aromatic nitrogens is 3. The number of hydrogen-bond donors (Lipinski definition) is 1. The molecule has 7 nitrogen and oxygen atoms in total.